The van der Waals surface area contributed by atoms with E-state index >= 15 is 0 Å². The molecule has 0 spiro atoms. The highest BCUT2D eigenvalue weighted by molar-refractivity contribution is 14.0. The monoisotopic (exact) mass is 528 g/mol. The summed E-state index contributed by atoms with van der Waals surface area (Å²) in [5, 5.41) is 8.13. The molecule has 0 atom stereocenters. The second kappa shape index (κ2) is 13.9. The maximum absolute atomic E-state index is 5.83. The molecule has 0 aliphatic carbocycles. The van der Waals surface area contributed by atoms with E-state index in [4.69, 9.17) is 9.47 Å². The van der Waals surface area contributed by atoms with Gasteiger partial charge in [0.15, 0.2) is 5.96 Å². The van der Waals surface area contributed by atoms with Crippen molar-refractivity contribution in [3.05, 3.63) is 35.5 Å². The van der Waals surface area contributed by atoms with Crippen molar-refractivity contribution in [3.63, 3.8) is 0 Å². The third-order valence-electron chi connectivity index (χ3n) is 5.44. The van der Waals surface area contributed by atoms with Gasteiger partial charge in [0.2, 0.25) is 0 Å². The van der Waals surface area contributed by atoms with E-state index in [-0.39, 0.29) is 24.0 Å². The first-order chi connectivity index (χ1) is 14.3. The van der Waals surface area contributed by atoms with Crippen LogP contribution in [0.25, 0.3) is 10.9 Å². The molecule has 1 saturated heterocycles. The zero-order chi connectivity index (χ0) is 20.3. The van der Waals surface area contributed by atoms with E-state index in [9.17, 15) is 0 Å². The predicted octanol–water partition coefficient (Wildman–Crippen LogP) is 4.03. The van der Waals surface area contributed by atoms with Crippen LogP contribution < -0.4 is 10.6 Å². The van der Waals surface area contributed by atoms with E-state index in [1.165, 1.54) is 22.0 Å². The van der Waals surface area contributed by atoms with E-state index in [0.717, 1.165) is 77.7 Å². The van der Waals surface area contributed by atoms with Gasteiger partial charge in [-0.2, -0.15) is 0 Å². The standard InChI is InChI=1S/C23H36N4O2.HI/c1-3-24-23(25-11-5-13-29-17-19-9-14-28-15-10-19)26-12-8-20-16-27-21-7-4-6-18(2)22(20)21;/h4,6-7,16,19,27H,3,5,8-15,17H2,1-2H3,(H2,24,25,26);1H. The van der Waals surface area contributed by atoms with Crippen molar-refractivity contribution in [2.45, 2.75) is 39.5 Å². The largest absolute Gasteiger partial charge is 0.381 e. The van der Waals surface area contributed by atoms with Gasteiger partial charge in [0, 0.05) is 63.2 Å². The fourth-order valence-corrected chi connectivity index (χ4v) is 3.83. The number of hydrogen-bond acceptors (Lipinski definition) is 3. The molecule has 1 aliphatic rings. The first-order valence-corrected chi connectivity index (χ1v) is 11.0. The quantitative estimate of drug-likeness (QED) is 0.189. The van der Waals surface area contributed by atoms with Gasteiger partial charge >= 0.3 is 0 Å². The molecule has 3 N–H and O–H groups in total. The van der Waals surface area contributed by atoms with Gasteiger partial charge in [-0.25, -0.2) is 0 Å². The lowest BCUT2D eigenvalue weighted by Gasteiger charge is -2.21. The Morgan fingerprint density at radius 2 is 2.10 bits per heavy atom. The number of benzene rings is 1. The number of fused-ring (bicyclic) bond motifs is 1. The molecule has 2 heterocycles. The minimum absolute atomic E-state index is 0. The Balaban J connectivity index is 0.00000320. The summed E-state index contributed by atoms with van der Waals surface area (Å²) in [6.45, 7) is 10.1. The molecule has 0 unspecified atom stereocenters. The van der Waals surface area contributed by atoms with Crippen LogP contribution in [0.15, 0.2) is 29.4 Å². The number of H-pyrrole nitrogens is 1. The van der Waals surface area contributed by atoms with Crippen LogP contribution in [0.2, 0.25) is 0 Å². The fraction of sp³-hybridized carbons (Fsp3) is 0.609. The second-order valence-electron chi connectivity index (χ2n) is 7.73. The van der Waals surface area contributed by atoms with Crippen LogP contribution in [0.4, 0.5) is 0 Å². The summed E-state index contributed by atoms with van der Waals surface area (Å²) in [7, 11) is 0. The summed E-state index contributed by atoms with van der Waals surface area (Å²) < 4.78 is 11.2. The molecule has 1 fully saturated rings. The van der Waals surface area contributed by atoms with Gasteiger partial charge in [-0.05, 0) is 62.6 Å². The summed E-state index contributed by atoms with van der Waals surface area (Å²) >= 11 is 0. The zero-order valence-corrected chi connectivity index (χ0v) is 20.7. The average molecular weight is 528 g/mol. The third-order valence-corrected chi connectivity index (χ3v) is 5.44. The van der Waals surface area contributed by atoms with Crippen molar-refractivity contribution < 1.29 is 9.47 Å². The summed E-state index contributed by atoms with van der Waals surface area (Å²) in [4.78, 5) is 8.06. The lowest BCUT2D eigenvalue weighted by atomic mass is 10.0. The van der Waals surface area contributed by atoms with Gasteiger partial charge in [-0.3, -0.25) is 4.99 Å². The smallest absolute Gasteiger partial charge is 0.191 e. The van der Waals surface area contributed by atoms with Gasteiger partial charge in [-0.1, -0.05) is 12.1 Å². The van der Waals surface area contributed by atoms with Crippen molar-refractivity contribution in [1.29, 1.82) is 0 Å². The molecule has 3 rings (SSSR count). The summed E-state index contributed by atoms with van der Waals surface area (Å²) in [6.07, 6.45) is 6.29. The fourth-order valence-electron chi connectivity index (χ4n) is 3.83. The molecule has 168 valence electrons. The highest BCUT2D eigenvalue weighted by Crippen LogP contribution is 2.22. The second-order valence-corrected chi connectivity index (χ2v) is 7.73. The number of nitrogens with zero attached hydrogens (tertiary/aromatic N) is 1. The lowest BCUT2D eigenvalue weighted by Crippen LogP contribution is -2.38. The number of ether oxygens (including phenoxy) is 2. The SMILES string of the molecule is CCNC(=NCCCOCC1CCOCC1)NCCc1c[nH]c2cccc(C)c12.I. The van der Waals surface area contributed by atoms with Crippen LogP contribution in [-0.4, -0.2) is 57.0 Å². The minimum atomic E-state index is 0. The molecule has 2 aromatic rings. The number of aliphatic imine (C=N–C) groups is 1. The third kappa shape index (κ3) is 7.74. The Morgan fingerprint density at radius 3 is 2.90 bits per heavy atom. The molecule has 1 aliphatic heterocycles. The van der Waals surface area contributed by atoms with Gasteiger partial charge in [-0.15, -0.1) is 24.0 Å². The van der Waals surface area contributed by atoms with Crippen molar-refractivity contribution in [2.24, 2.45) is 10.9 Å². The molecule has 0 radical (unpaired) electrons. The molecule has 7 heteroatoms. The van der Waals surface area contributed by atoms with Crippen LogP contribution >= 0.6 is 24.0 Å². The van der Waals surface area contributed by atoms with Crippen LogP contribution in [0, 0.1) is 12.8 Å². The predicted molar refractivity (Wildman–Crippen MR) is 135 cm³/mol. The van der Waals surface area contributed by atoms with Gasteiger partial charge in [0.05, 0.1) is 0 Å². The van der Waals surface area contributed by atoms with Gasteiger partial charge in [0.25, 0.3) is 0 Å². The first kappa shape index (κ1) is 24.9. The lowest BCUT2D eigenvalue weighted by molar-refractivity contribution is 0.0205. The van der Waals surface area contributed by atoms with E-state index in [1.807, 2.05) is 0 Å². The van der Waals surface area contributed by atoms with E-state index in [2.05, 4.69) is 58.9 Å². The van der Waals surface area contributed by atoms with E-state index in [1.54, 1.807) is 0 Å². The van der Waals surface area contributed by atoms with Crippen LogP contribution in [0.3, 0.4) is 0 Å². The highest BCUT2D eigenvalue weighted by atomic mass is 127. The van der Waals surface area contributed by atoms with Crippen molar-refractivity contribution in [3.8, 4) is 0 Å². The minimum Gasteiger partial charge on any atom is -0.381 e. The Kier molecular flexibility index (Phi) is 11.5. The van der Waals surface area contributed by atoms with Crippen LogP contribution in [0.5, 0.6) is 0 Å². The Bertz CT molecular complexity index is 772. The van der Waals surface area contributed by atoms with Crippen molar-refractivity contribution in [1.82, 2.24) is 15.6 Å². The normalized spacial score (nSPS) is 15.2. The van der Waals surface area contributed by atoms with Gasteiger partial charge in [0.1, 0.15) is 0 Å². The molecular formula is C23H37IN4O2. The maximum Gasteiger partial charge on any atom is 0.191 e. The summed E-state index contributed by atoms with van der Waals surface area (Å²) in [6, 6.07) is 6.40. The van der Waals surface area contributed by atoms with E-state index in [0.29, 0.717) is 5.92 Å². The number of halogens is 1. The maximum atomic E-state index is 5.83. The number of aryl methyl sites for hydroxylation is 1. The molecule has 1 aromatic heterocycles. The van der Waals surface area contributed by atoms with Gasteiger partial charge < -0.3 is 25.1 Å². The number of rotatable bonds is 10. The molecule has 0 saturated carbocycles. The summed E-state index contributed by atoms with van der Waals surface area (Å²) in [5.74, 6) is 1.55. The molecule has 30 heavy (non-hydrogen) atoms. The van der Waals surface area contributed by atoms with E-state index < -0.39 is 0 Å². The Morgan fingerprint density at radius 1 is 1.27 bits per heavy atom. The topological polar surface area (TPSA) is 70.7 Å². The van der Waals surface area contributed by atoms with Crippen molar-refractivity contribution >= 4 is 40.8 Å². The summed E-state index contributed by atoms with van der Waals surface area (Å²) in [5.41, 5.74) is 3.88. The highest BCUT2D eigenvalue weighted by Gasteiger charge is 2.13. The molecule has 0 bridgehead atoms. The van der Waals surface area contributed by atoms with Crippen molar-refractivity contribution in [2.75, 3.05) is 46.1 Å². The zero-order valence-electron chi connectivity index (χ0n) is 18.3. The average Bonchev–Trinajstić information content (AvgIpc) is 3.16. The molecular weight excluding hydrogens is 491 g/mol. The Hall–Kier alpha value is -1.32. The number of aromatic amines is 1. The molecule has 1 aromatic carbocycles. The number of aromatic nitrogens is 1. The number of hydrogen-bond donors (Lipinski definition) is 3. The Labute approximate surface area is 197 Å². The van der Waals surface area contributed by atoms with Crippen LogP contribution in [0.1, 0.15) is 37.3 Å². The van der Waals surface area contributed by atoms with Crippen LogP contribution in [-0.2, 0) is 15.9 Å². The first-order valence-electron chi connectivity index (χ1n) is 11.0. The number of nitrogens with one attached hydrogen (secondary N) is 3. The number of guanidine groups is 1. The molecule has 0 amide bonds. The molecule has 6 nitrogen and oxygen atoms in total.